The van der Waals surface area contributed by atoms with Crippen molar-refractivity contribution in [2.45, 2.75) is 65.2 Å². The molecule has 2 rings (SSSR count). The minimum atomic E-state index is 0.302. The summed E-state index contributed by atoms with van der Waals surface area (Å²) in [6.45, 7) is 8.83. The minimum absolute atomic E-state index is 0.302. The van der Waals surface area contributed by atoms with Crippen molar-refractivity contribution in [2.24, 2.45) is 11.8 Å². The molecule has 0 unspecified atom stereocenters. The molecule has 1 heterocycles. The molecule has 19 heavy (non-hydrogen) atoms. The Kier molecular flexibility index (Phi) is 4.38. The second-order valence-corrected chi connectivity index (χ2v) is 6.42. The summed E-state index contributed by atoms with van der Waals surface area (Å²) in [6.07, 6.45) is 4.93. The summed E-state index contributed by atoms with van der Waals surface area (Å²) in [7, 11) is 0. The van der Waals surface area contributed by atoms with Crippen LogP contribution in [-0.2, 0) is 0 Å². The number of hydrogen-bond donors (Lipinski definition) is 1. The van der Waals surface area contributed by atoms with Gasteiger partial charge in [-0.25, -0.2) is 4.98 Å². The lowest BCUT2D eigenvalue weighted by Gasteiger charge is -2.30. The van der Waals surface area contributed by atoms with Gasteiger partial charge in [0.2, 0.25) is 5.95 Å². The molecule has 1 aliphatic carbocycles. The van der Waals surface area contributed by atoms with Gasteiger partial charge >= 0.3 is 0 Å². The van der Waals surface area contributed by atoms with Crippen molar-refractivity contribution in [1.82, 2.24) is 15.0 Å². The van der Waals surface area contributed by atoms with E-state index in [-0.39, 0.29) is 0 Å². The van der Waals surface area contributed by atoms with E-state index < -0.39 is 0 Å². The van der Waals surface area contributed by atoms with Crippen molar-refractivity contribution in [3.8, 4) is 0 Å². The maximum atomic E-state index is 5.82. The second kappa shape index (κ2) is 5.85. The topological polar surface area (TPSA) is 64.7 Å². The Morgan fingerprint density at radius 2 is 1.58 bits per heavy atom. The van der Waals surface area contributed by atoms with E-state index in [1.807, 2.05) is 0 Å². The highest BCUT2D eigenvalue weighted by molar-refractivity contribution is 5.19. The summed E-state index contributed by atoms with van der Waals surface area (Å²) >= 11 is 0. The molecule has 0 aliphatic heterocycles. The van der Waals surface area contributed by atoms with Gasteiger partial charge in [0, 0.05) is 11.8 Å². The lowest BCUT2D eigenvalue weighted by molar-refractivity contribution is 0.254. The van der Waals surface area contributed by atoms with E-state index in [4.69, 9.17) is 5.73 Å². The summed E-state index contributed by atoms with van der Waals surface area (Å²) in [5.74, 6) is 4.54. The van der Waals surface area contributed by atoms with Crippen LogP contribution in [0, 0.1) is 11.8 Å². The molecule has 1 aromatic rings. The molecule has 1 saturated carbocycles. The predicted molar refractivity (Wildman–Crippen MR) is 77.9 cm³/mol. The van der Waals surface area contributed by atoms with Crippen molar-refractivity contribution in [1.29, 1.82) is 0 Å². The Morgan fingerprint density at radius 3 is 2.11 bits per heavy atom. The van der Waals surface area contributed by atoms with E-state index in [0.29, 0.717) is 17.8 Å². The molecule has 1 aliphatic rings. The quantitative estimate of drug-likeness (QED) is 0.905. The standard InChI is InChI=1S/C15H26N4/c1-9(2)11-5-7-12(8-6-11)14-17-13(10(3)4)18-15(16)19-14/h9-12H,5-8H2,1-4H3,(H2,16,17,18,19). The number of nitrogen functional groups attached to an aromatic ring is 1. The molecule has 4 heteroatoms. The van der Waals surface area contributed by atoms with Crippen LogP contribution in [0.1, 0.15) is 76.9 Å². The third-order valence-corrected chi connectivity index (χ3v) is 4.28. The number of anilines is 1. The highest BCUT2D eigenvalue weighted by Gasteiger charge is 2.26. The smallest absolute Gasteiger partial charge is 0.223 e. The summed E-state index contributed by atoms with van der Waals surface area (Å²) < 4.78 is 0. The van der Waals surface area contributed by atoms with Gasteiger partial charge in [0.25, 0.3) is 0 Å². The first-order valence-electron chi connectivity index (χ1n) is 7.48. The molecule has 106 valence electrons. The maximum absolute atomic E-state index is 5.82. The Morgan fingerprint density at radius 1 is 0.947 bits per heavy atom. The first kappa shape index (κ1) is 14.2. The lowest BCUT2D eigenvalue weighted by Crippen LogP contribution is -2.20. The summed E-state index contributed by atoms with van der Waals surface area (Å²) in [4.78, 5) is 13.2. The lowest BCUT2D eigenvalue weighted by atomic mass is 9.77. The molecule has 1 aromatic heterocycles. The maximum Gasteiger partial charge on any atom is 0.223 e. The van der Waals surface area contributed by atoms with Crippen molar-refractivity contribution < 1.29 is 0 Å². The van der Waals surface area contributed by atoms with Gasteiger partial charge in [0.15, 0.2) is 0 Å². The van der Waals surface area contributed by atoms with Crippen molar-refractivity contribution in [2.75, 3.05) is 5.73 Å². The molecule has 0 bridgehead atoms. The SMILES string of the molecule is CC(C)c1nc(N)nc(C2CCC(C(C)C)CC2)n1. The second-order valence-electron chi connectivity index (χ2n) is 6.42. The highest BCUT2D eigenvalue weighted by Crippen LogP contribution is 2.37. The zero-order valence-electron chi connectivity index (χ0n) is 12.6. The molecular weight excluding hydrogens is 236 g/mol. The van der Waals surface area contributed by atoms with Crippen molar-refractivity contribution in [3.63, 3.8) is 0 Å². The van der Waals surface area contributed by atoms with Crippen LogP contribution in [0.5, 0.6) is 0 Å². The monoisotopic (exact) mass is 262 g/mol. The predicted octanol–water partition coefficient (Wildman–Crippen LogP) is 3.51. The van der Waals surface area contributed by atoms with E-state index in [0.717, 1.165) is 23.5 Å². The molecule has 0 aromatic carbocycles. The molecule has 2 N–H and O–H groups in total. The van der Waals surface area contributed by atoms with E-state index in [2.05, 4.69) is 42.6 Å². The summed E-state index contributed by atoms with van der Waals surface area (Å²) in [5, 5.41) is 0. The fourth-order valence-electron chi connectivity index (χ4n) is 2.91. The first-order chi connectivity index (χ1) is 8.97. The minimum Gasteiger partial charge on any atom is -0.368 e. The number of hydrogen-bond acceptors (Lipinski definition) is 4. The Labute approximate surface area is 116 Å². The van der Waals surface area contributed by atoms with Crippen LogP contribution in [0.25, 0.3) is 0 Å². The average Bonchev–Trinajstić information content (AvgIpc) is 2.38. The van der Waals surface area contributed by atoms with Gasteiger partial charge in [-0.3, -0.25) is 0 Å². The molecular formula is C15H26N4. The van der Waals surface area contributed by atoms with Crippen LogP contribution in [0.2, 0.25) is 0 Å². The van der Waals surface area contributed by atoms with E-state index >= 15 is 0 Å². The van der Waals surface area contributed by atoms with Crippen LogP contribution in [0.15, 0.2) is 0 Å². The van der Waals surface area contributed by atoms with Gasteiger partial charge in [-0.15, -0.1) is 0 Å². The first-order valence-corrected chi connectivity index (χ1v) is 7.48. The number of nitrogens with zero attached hydrogens (tertiary/aromatic N) is 3. The van der Waals surface area contributed by atoms with E-state index in [1.165, 1.54) is 25.7 Å². The normalized spacial score (nSPS) is 24.1. The van der Waals surface area contributed by atoms with Gasteiger partial charge in [-0.05, 0) is 37.5 Å². The molecule has 1 fully saturated rings. The summed E-state index contributed by atoms with van der Waals surface area (Å²) in [6, 6.07) is 0. The van der Waals surface area contributed by atoms with Crippen LogP contribution in [-0.4, -0.2) is 15.0 Å². The zero-order chi connectivity index (χ0) is 14.0. The highest BCUT2D eigenvalue weighted by atomic mass is 15.1. The van der Waals surface area contributed by atoms with Gasteiger partial charge in [0.05, 0.1) is 0 Å². The van der Waals surface area contributed by atoms with Gasteiger partial charge < -0.3 is 5.73 Å². The van der Waals surface area contributed by atoms with Gasteiger partial charge in [-0.2, -0.15) is 9.97 Å². The summed E-state index contributed by atoms with van der Waals surface area (Å²) in [5.41, 5.74) is 5.82. The van der Waals surface area contributed by atoms with Crippen LogP contribution in [0.3, 0.4) is 0 Å². The van der Waals surface area contributed by atoms with Crippen LogP contribution < -0.4 is 5.73 Å². The number of rotatable bonds is 3. The third-order valence-electron chi connectivity index (χ3n) is 4.28. The Balaban J connectivity index is 2.11. The average molecular weight is 262 g/mol. The van der Waals surface area contributed by atoms with E-state index in [1.54, 1.807) is 0 Å². The molecule has 0 spiro atoms. The van der Waals surface area contributed by atoms with Gasteiger partial charge in [-0.1, -0.05) is 27.7 Å². The molecule has 0 atom stereocenters. The van der Waals surface area contributed by atoms with Crippen LogP contribution >= 0.6 is 0 Å². The third kappa shape index (κ3) is 3.43. The van der Waals surface area contributed by atoms with Crippen molar-refractivity contribution in [3.05, 3.63) is 11.6 Å². The van der Waals surface area contributed by atoms with Gasteiger partial charge in [0.1, 0.15) is 11.6 Å². The Bertz CT molecular complexity index is 420. The van der Waals surface area contributed by atoms with Crippen LogP contribution in [0.4, 0.5) is 5.95 Å². The number of aromatic nitrogens is 3. The molecule has 0 saturated heterocycles. The fraction of sp³-hybridized carbons (Fsp3) is 0.800. The molecule has 4 nitrogen and oxygen atoms in total. The zero-order valence-corrected chi connectivity index (χ0v) is 12.6. The molecule has 0 amide bonds. The molecule has 0 radical (unpaired) electrons. The Hall–Kier alpha value is -1.19. The number of nitrogens with two attached hydrogens (primary N) is 1. The fourth-order valence-corrected chi connectivity index (χ4v) is 2.91. The van der Waals surface area contributed by atoms with E-state index in [9.17, 15) is 0 Å². The van der Waals surface area contributed by atoms with Crippen molar-refractivity contribution >= 4 is 5.95 Å². The largest absolute Gasteiger partial charge is 0.368 e.